The number of carbonyl (C=O) groups excluding carboxylic acids is 1. The van der Waals surface area contributed by atoms with Gasteiger partial charge in [-0.05, 0) is 32.0 Å². The fourth-order valence-corrected chi connectivity index (χ4v) is 4.62. The summed E-state index contributed by atoms with van der Waals surface area (Å²) in [5.74, 6) is -0.558. The van der Waals surface area contributed by atoms with Gasteiger partial charge in [0, 0.05) is 18.0 Å². The van der Waals surface area contributed by atoms with Gasteiger partial charge in [0.2, 0.25) is 0 Å². The van der Waals surface area contributed by atoms with Crippen molar-refractivity contribution < 1.29 is 4.79 Å². The monoisotopic (exact) mass is 398 g/mol. The number of amides is 1. The second-order valence-corrected chi connectivity index (χ2v) is 7.29. The zero-order valence-electron chi connectivity index (χ0n) is 13.5. The molecule has 2 aliphatic rings. The minimum atomic E-state index is -0.523. The molecule has 1 aromatic carbocycles. The van der Waals surface area contributed by atoms with Crippen LogP contribution in [0.1, 0.15) is 34.8 Å². The maximum Gasteiger partial charge on any atom is 0.268 e. The number of benzene rings is 1. The predicted molar refractivity (Wildman–Crippen MR) is 101 cm³/mol. The number of nitrogens with zero attached hydrogens (tertiary/aromatic N) is 2. The van der Waals surface area contributed by atoms with Crippen LogP contribution in [0.4, 0.5) is 0 Å². The third-order valence-electron chi connectivity index (χ3n) is 5.33. The Balaban J connectivity index is 0.00000182. The number of halogens is 3. The summed E-state index contributed by atoms with van der Waals surface area (Å²) in [6.07, 6.45) is 1.46. The highest BCUT2D eigenvalue weighted by Gasteiger charge is 2.49. The Kier molecular flexibility index (Phi) is 4.67. The third-order valence-corrected chi connectivity index (χ3v) is 6.12. The highest BCUT2D eigenvalue weighted by Crippen LogP contribution is 2.46. The standard InChI is InChI=1S/C17H16Cl2N4O.ClH/c1-23-14-9(2-3-11(18)13(14)19)12-10(8-20)17(4-6-21-7-5-17)22-16(24)15(12)23;/h2-3,10,21H,4-7H2,1H3,(H,22,24);1H. The van der Waals surface area contributed by atoms with Crippen molar-refractivity contribution >= 4 is 52.4 Å². The molecule has 1 unspecified atom stereocenters. The van der Waals surface area contributed by atoms with E-state index in [4.69, 9.17) is 23.2 Å². The molecule has 1 atom stereocenters. The fourth-order valence-electron chi connectivity index (χ4n) is 4.18. The number of hydrogen-bond acceptors (Lipinski definition) is 3. The van der Waals surface area contributed by atoms with Gasteiger partial charge in [0.05, 0.1) is 33.1 Å². The van der Waals surface area contributed by atoms with E-state index in [2.05, 4.69) is 16.7 Å². The van der Waals surface area contributed by atoms with Crippen LogP contribution in [0.3, 0.4) is 0 Å². The van der Waals surface area contributed by atoms with Gasteiger partial charge in [-0.1, -0.05) is 29.3 Å². The van der Waals surface area contributed by atoms with Gasteiger partial charge in [0.15, 0.2) is 0 Å². The van der Waals surface area contributed by atoms with Crippen molar-refractivity contribution in [2.75, 3.05) is 13.1 Å². The zero-order valence-corrected chi connectivity index (χ0v) is 15.9. The molecule has 0 saturated carbocycles. The van der Waals surface area contributed by atoms with Crippen molar-refractivity contribution in [1.29, 1.82) is 5.26 Å². The number of fused-ring (bicyclic) bond motifs is 3. The van der Waals surface area contributed by atoms with Gasteiger partial charge in [-0.2, -0.15) is 5.26 Å². The molecule has 1 aromatic heterocycles. The van der Waals surface area contributed by atoms with Crippen LogP contribution in [0.25, 0.3) is 10.9 Å². The van der Waals surface area contributed by atoms with Crippen LogP contribution >= 0.6 is 35.6 Å². The lowest BCUT2D eigenvalue weighted by Gasteiger charge is -2.44. The van der Waals surface area contributed by atoms with E-state index in [0.717, 1.165) is 36.9 Å². The van der Waals surface area contributed by atoms with E-state index >= 15 is 0 Å². The summed E-state index contributed by atoms with van der Waals surface area (Å²) in [7, 11) is 1.79. The normalized spacial score (nSPS) is 21.4. The van der Waals surface area contributed by atoms with Crippen LogP contribution in [-0.2, 0) is 7.05 Å². The largest absolute Gasteiger partial charge is 0.344 e. The molecule has 0 bridgehead atoms. The Bertz CT molecular complexity index is 909. The number of piperidine rings is 1. The molecule has 1 fully saturated rings. The van der Waals surface area contributed by atoms with Crippen LogP contribution in [0.5, 0.6) is 0 Å². The number of aromatic nitrogens is 1. The molecule has 4 rings (SSSR count). The molecule has 1 saturated heterocycles. The summed E-state index contributed by atoms with van der Waals surface area (Å²) >= 11 is 12.5. The third kappa shape index (κ3) is 2.43. The van der Waals surface area contributed by atoms with Crippen LogP contribution < -0.4 is 10.6 Å². The molecule has 0 aliphatic carbocycles. The molecule has 25 heavy (non-hydrogen) atoms. The smallest absolute Gasteiger partial charge is 0.268 e. The number of carbonyl (C=O) groups is 1. The van der Waals surface area contributed by atoms with Crippen molar-refractivity contribution in [2.45, 2.75) is 24.3 Å². The fraction of sp³-hybridized carbons (Fsp3) is 0.412. The van der Waals surface area contributed by atoms with Gasteiger partial charge < -0.3 is 15.2 Å². The van der Waals surface area contributed by atoms with E-state index in [1.807, 2.05) is 6.07 Å². The maximum absolute atomic E-state index is 12.9. The molecule has 1 amide bonds. The van der Waals surface area contributed by atoms with E-state index in [-0.39, 0.29) is 18.3 Å². The summed E-state index contributed by atoms with van der Waals surface area (Å²) in [4.78, 5) is 12.9. The van der Waals surface area contributed by atoms with Crippen LogP contribution in [-0.4, -0.2) is 29.1 Å². The predicted octanol–water partition coefficient (Wildman–Crippen LogP) is 3.38. The first-order valence-electron chi connectivity index (χ1n) is 7.89. The molecular formula is C17H17Cl3N4O. The van der Waals surface area contributed by atoms with Crippen molar-refractivity contribution in [1.82, 2.24) is 15.2 Å². The molecule has 2 aliphatic heterocycles. The van der Waals surface area contributed by atoms with Gasteiger partial charge in [-0.3, -0.25) is 4.79 Å². The van der Waals surface area contributed by atoms with E-state index in [1.165, 1.54) is 0 Å². The maximum atomic E-state index is 12.9. The van der Waals surface area contributed by atoms with Crippen molar-refractivity contribution in [3.63, 3.8) is 0 Å². The number of nitrogens with one attached hydrogen (secondary N) is 2. The molecule has 2 N–H and O–H groups in total. The van der Waals surface area contributed by atoms with E-state index in [1.54, 1.807) is 17.7 Å². The van der Waals surface area contributed by atoms with Crippen LogP contribution in [0.15, 0.2) is 12.1 Å². The Morgan fingerprint density at radius 3 is 2.64 bits per heavy atom. The van der Waals surface area contributed by atoms with Crippen molar-refractivity contribution in [3.8, 4) is 6.07 Å². The molecule has 3 heterocycles. The molecule has 5 nitrogen and oxygen atoms in total. The number of nitriles is 1. The summed E-state index contributed by atoms with van der Waals surface area (Å²) in [5.41, 5.74) is 1.46. The summed E-state index contributed by atoms with van der Waals surface area (Å²) in [5, 5.41) is 18.0. The molecule has 132 valence electrons. The van der Waals surface area contributed by atoms with Crippen molar-refractivity contribution in [3.05, 3.63) is 33.4 Å². The number of hydrogen-bond donors (Lipinski definition) is 2. The Labute approximate surface area is 161 Å². The van der Waals surface area contributed by atoms with Gasteiger partial charge in [-0.15, -0.1) is 12.4 Å². The first-order chi connectivity index (χ1) is 11.5. The number of rotatable bonds is 0. The molecule has 1 spiro atoms. The Morgan fingerprint density at radius 2 is 2.00 bits per heavy atom. The van der Waals surface area contributed by atoms with Gasteiger partial charge in [-0.25, -0.2) is 0 Å². The minimum absolute atomic E-state index is 0. The highest BCUT2D eigenvalue weighted by molar-refractivity contribution is 6.45. The average molecular weight is 400 g/mol. The van der Waals surface area contributed by atoms with Gasteiger partial charge in [0.1, 0.15) is 5.69 Å². The SMILES string of the molecule is Cl.Cn1c2c(c3ccc(Cl)c(Cl)c31)C(C#N)C1(CCNCC1)NC2=O. The Morgan fingerprint density at radius 1 is 1.32 bits per heavy atom. The molecule has 0 radical (unpaired) electrons. The second-order valence-electron chi connectivity index (χ2n) is 6.50. The van der Waals surface area contributed by atoms with E-state index < -0.39 is 11.5 Å². The minimum Gasteiger partial charge on any atom is -0.344 e. The summed E-state index contributed by atoms with van der Waals surface area (Å²) in [6.45, 7) is 1.57. The first kappa shape index (κ1) is 18.3. The lowest BCUT2D eigenvalue weighted by Crippen LogP contribution is -2.60. The second kappa shape index (κ2) is 6.37. The molecule has 8 heteroatoms. The molecular weight excluding hydrogens is 383 g/mol. The lowest BCUT2D eigenvalue weighted by molar-refractivity contribution is 0.0827. The summed E-state index contributed by atoms with van der Waals surface area (Å²) in [6, 6.07) is 6.03. The summed E-state index contributed by atoms with van der Waals surface area (Å²) < 4.78 is 1.76. The molecule has 2 aromatic rings. The zero-order chi connectivity index (χ0) is 17.1. The van der Waals surface area contributed by atoms with Gasteiger partial charge >= 0.3 is 0 Å². The van der Waals surface area contributed by atoms with E-state index in [9.17, 15) is 10.1 Å². The highest BCUT2D eigenvalue weighted by atomic mass is 35.5. The topological polar surface area (TPSA) is 69.8 Å². The lowest BCUT2D eigenvalue weighted by atomic mass is 9.71. The van der Waals surface area contributed by atoms with Gasteiger partial charge in [0.25, 0.3) is 5.91 Å². The van der Waals surface area contributed by atoms with E-state index in [0.29, 0.717) is 21.3 Å². The van der Waals surface area contributed by atoms with Crippen LogP contribution in [0, 0.1) is 11.3 Å². The first-order valence-corrected chi connectivity index (χ1v) is 8.65. The number of aryl methyl sites for hydroxylation is 1. The average Bonchev–Trinajstić information content (AvgIpc) is 2.86. The van der Waals surface area contributed by atoms with Crippen LogP contribution in [0.2, 0.25) is 10.0 Å². The Hall–Kier alpha value is -1.45. The van der Waals surface area contributed by atoms with Crippen molar-refractivity contribution in [2.24, 2.45) is 7.05 Å². The quantitative estimate of drug-likeness (QED) is 0.713.